The predicted octanol–water partition coefficient (Wildman–Crippen LogP) is -2.05. The van der Waals surface area contributed by atoms with Gasteiger partial charge in [0.15, 0.2) is 0 Å². The van der Waals surface area contributed by atoms with E-state index in [-0.39, 0.29) is 12.4 Å². The number of nitrogens with one attached hydrogen (secondary N) is 2. The zero-order chi connectivity index (χ0) is 11.8. The van der Waals surface area contributed by atoms with Gasteiger partial charge in [-0.2, -0.15) is 0 Å². The normalized spacial score (nSPS) is 21.8. The van der Waals surface area contributed by atoms with Gasteiger partial charge in [0.2, 0.25) is 0 Å². The summed E-state index contributed by atoms with van der Waals surface area (Å²) in [5.74, 6) is 0.961. The summed E-state index contributed by atoms with van der Waals surface area (Å²) in [7, 11) is 3.98. The summed E-state index contributed by atoms with van der Waals surface area (Å²) in [5, 5.41) is 3.47. The van der Waals surface area contributed by atoms with Crippen LogP contribution in [0.4, 0.5) is 5.69 Å². The maximum atomic E-state index is 5.34. The van der Waals surface area contributed by atoms with Gasteiger partial charge in [0, 0.05) is 30.2 Å². The number of fused-ring (bicyclic) bond motifs is 2. The molecule has 3 nitrogen and oxygen atoms in total. The molecule has 0 bridgehead atoms. The van der Waals surface area contributed by atoms with E-state index in [4.69, 9.17) is 4.74 Å². The van der Waals surface area contributed by atoms with Crippen molar-refractivity contribution in [2.75, 3.05) is 27.2 Å². The SMILES string of the molecule is COc1ccc2c(c1)C1=C(CCNCC1)[NH+]2C.[Cl-]. The van der Waals surface area contributed by atoms with E-state index in [0.717, 1.165) is 31.7 Å². The molecule has 2 aliphatic heterocycles. The highest BCUT2D eigenvalue weighted by atomic mass is 35.5. The molecule has 0 aromatic heterocycles. The van der Waals surface area contributed by atoms with Crippen LogP contribution in [0.25, 0.3) is 5.57 Å². The first-order valence-electron chi connectivity index (χ1n) is 6.26. The minimum Gasteiger partial charge on any atom is -1.00 e. The zero-order valence-corrected chi connectivity index (χ0v) is 11.6. The molecule has 1 aromatic rings. The topological polar surface area (TPSA) is 25.7 Å². The van der Waals surface area contributed by atoms with E-state index in [1.54, 1.807) is 12.8 Å². The lowest BCUT2D eigenvalue weighted by Crippen LogP contribution is -3.01. The van der Waals surface area contributed by atoms with E-state index in [9.17, 15) is 0 Å². The quantitative estimate of drug-likeness (QED) is 0.612. The Morgan fingerprint density at radius 2 is 2.00 bits per heavy atom. The van der Waals surface area contributed by atoms with Crippen LogP contribution in [0.3, 0.4) is 0 Å². The van der Waals surface area contributed by atoms with Crippen molar-refractivity contribution in [3.63, 3.8) is 0 Å². The van der Waals surface area contributed by atoms with Crippen molar-refractivity contribution < 1.29 is 22.0 Å². The Balaban J connectivity index is 0.00000120. The molecule has 0 fully saturated rings. The highest BCUT2D eigenvalue weighted by Crippen LogP contribution is 2.35. The molecular weight excluding hydrogens is 248 g/mol. The maximum absolute atomic E-state index is 5.34. The molecule has 0 radical (unpaired) electrons. The number of ether oxygens (including phenoxy) is 1. The van der Waals surface area contributed by atoms with Crippen LogP contribution in [0, 0.1) is 0 Å². The van der Waals surface area contributed by atoms with Crippen LogP contribution in [0.1, 0.15) is 18.4 Å². The van der Waals surface area contributed by atoms with Gasteiger partial charge in [-0.15, -0.1) is 0 Å². The highest BCUT2D eigenvalue weighted by molar-refractivity contribution is 5.78. The molecule has 1 aromatic carbocycles. The molecule has 18 heavy (non-hydrogen) atoms. The van der Waals surface area contributed by atoms with E-state index in [0.29, 0.717) is 0 Å². The van der Waals surface area contributed by atoms with E-state index in [1.165, 1.54) is 21.7 Å². The Hall–Kier alpha value is -1.03. The molecule has 0 spiro atoms. The number of rotatable bonds is 1. The number of quaternary nitrogens is 1. The van der Waals surface area contributed by atoms with Crippen LogP contribution in [0.15, 0.2) is 23.9 Å². The van der Waals surface area contributed by atoms with E-state index in [1.807, 2.05) is 0 Å². The Kier molecular flexibility index (Phi) is 3.95. The second-order valence-corrected chi connectivity index (χ2v) is 4.74. The third-order valence-electron chi connectivity index (χ3n) is 3.88. The standard InChI is InChI=1S/C14H18N2O.ClH/c1-16-13-4-3-10(17-2)9-12(13)11-5-7-15-8-6-14(11)16;/h3-4,9,15H,5-8H2,1-2H3;1H. The molecule has 0 saturated carbocycles. The van der Waals surface area contributed by atoms with Crippen LogP contribution < -0.4 is 27.4 Å². The summed E-state index contributed by atoms with van der Waals surface area (Å²) < 4.78 is 5.34. The lowest BCUT2D eigenvalue weighted by molar-refractivity contribution is -0.764. The van der Waals surface area contributed by atoms with Gasteiger partial charge in [0.05, 0.1) is 14.2 Å². The fourth-order valence-corrected chi connectivity index (χ4v) is 2.95. The van der Waals surface area contributed by atoms with E-state index < -0.39 is 0 Å². The summed E-state index contributed by atoms with van der Waals surface area (Å²) >= 11 is 0. The minimum atomic E-state index is 0. The number of halogens is 1. The van der Waals surface area contributed by atoms with Gasteiger partial charge in [-0.25, -0.2) is 0 Å². The van der Waals surface area contributed by atoms with Crippen molar-refractivity contribution in [1.29, 1.82) is 0 Å². The lowest BCUT2D eigenvalue weighted by atomic mass is 10.0. The monoisotopic (exact) mass is 266 g/mol. The summed E-state index contributed by atoms with van der Waals surface area (Å²) in [6.07, 6.45) is 2.28. The lowest BCUT2D eigenvalue weighted by Gasteiger charge is -2.11. The third-order valence-corrected chi connectivity index (χ3v) is 3.88. The van der Waals surface area contributed by atoms with Crippen LogP contribution in [-0.2, 0) is 0 Å². The molecule has 3 rings (SSSR count). The Morgan fingerprint density at radius 1 is 1.22 bits per heavy atom. The van der Waals surface area contributed by atoms with Gasteiger partial charge < -0.3 is 22.5 Å². The Labute approximate surface area is 114 Å². The number of hydrogen-bond acceptors (Lipinski definition) is 2. The number of benzene rings is 1. The molecule has 2 N–H and O–H groups in total. The molecule has 0 amide bonds. The van der Waals surface area contributed by atoms with Crippen molar-refractivity contribution in [3.8, 4) is 5.75 Å². The van der Waals surface area contributed by atoms with Gasteiger partial charge in [-0.1, -0.05) is 0 Å². The molecule has 2 aliphatic rings. The largest absolute Gasteiger partial charge is 1.00 e. The molecule has 98 valence electrons. The van der Waals surface area contributed by atoms with Gasteiger partial charge in [0.1, 0.15) is 17.1 Å². The highest BCUT2D eigenvalue weighted by Gasteiger charge is 2.32. The second-order valence-electron chi connectivity index (χ2n) is 4.74. The number of hydrogen-bond donors (Lipinski definition) is 2. The fourth-order valence-electron chi connectivity index (χ4n) is 2.95. The maximum Gasteiger partial charge on any atom is 0.143 e. The molecule has 0 saturated heterocycles. The van der Waals surface area contributed by atoms with Crippen LogP contribution in [0.2, 0.25) is 0 Å². The zero-order valence-electron chi connectivity index (χ0n) is 10.8. The molecule has 4 heteroatoms. The number of methoxy groups -OCH3 is 1. The van der Waals surface area contributed by atoms with Crippen molar-refractivity contribution in [3.05, 3.63) is 29.5 Å². The molecule has 1 unspecified atom stereocenters. The summed E-state index contributed by atoms with van der Waals surface area (Å²) in [5.41, 5.74) is 5.87. The van der Waals surface area contributed by atoms with Crippen LogP contribution in [-0.4, -0.2) is 27.2 Å². The van der Waals surface area contributed by atoms with Crippen LogP contribution in [0.5, 0.6) is 5.75 Å². The fraction of sp³-hybridized carbons (Fsp3) is 0.429. The second kappa shape index (κ2) is 5.31. The summed E-state index contributed by atoms with van der Waals surface area (Å²) in [6.45, 7) is 2.18. The van der Waals surface area contributed by atoms with E-state index in [2.05, 4.69) is 30.6 Å². The van der Waals surface area contributed by atoms with Gasteiger partial charge >= 0.3 is 0 Å². The van der Waals surface area contributed by atoms with Crippen molar-refractivity contribution >= 4 is 11.3 Å². The average Bonchev–Trinajstić information content (AvgIpc) is 2.57. The van der Waals surface area contributed by atoms with Gasteiger partial charge in [0.25, 0.3) is 0 Å². The van der Waals surface area contributed by atoms with Crippen molar-refractivity contribution in [2.24, 2.45) is 0 Å². The van der Waals surface area contributed by atoms with Gasteiger partial charge in [-0.3, -0.25) is 4.90 Å². The molecule has 0 aliphatic carbocycles. The summed E-state index contributed by atoms with van der Waals surface area (Å²) in [4.78, 5) is 1.46. The predicted molar refractivity (Wildman–Crippen MR) is 68.6 cm³/mol. The van der Waals surface area contributed by atoms with Gasteiger partial charge in [-0.05, 0) is 25.1 Å². The summed E-state index contributed by atoms with van der Waals surface area (Å²) in [6, 6.07) is 6.45. The first-order valence-corrected chi connectivity index (χ1v) is 6.26. The van der Waals surface area contributed by atoms with Crippen molar-refractivity contribution in [2.45, 2.75) is 12.8 Å². The van der Waals surface area contributed by atoms with Crippen molar-refractivity contribution in [1.82, 2.24) is 5.32 Å². The smallest absolute Gasteiger partial charge is 0.143 e. The minimum absolute atomic E-state index is 0. The molecular formula is C14H19ClN2O. The average molecular weight is 267 g/mol. The Bertz CT molecular complexity index is 485. The van der Waals surface area contributed by atoms with E-state index >= 15 is 0 Å². The molecule has 2 heterocycles. The Morgan fingerprint density at radius 3 is 2.78 bits per heavy atom. The first kappa shape index (κ1) is 13.4. The molecule has 1 atom stereocenters. The third kappa shape index (κ3) is 2.03. The van der Waals surface area contributed by atoms with Crippen LogP contribution >= 0.6 is 0 Å². The first-order chi connectivity index (χ1) is 8.31.